The van der Waals surface area contributed by atoms with Crippen molar-refractivity contribution in [3.05, 3.63) is 52.5 Å². The Morgan fingerprint density at radius 3 is 2.96 bits per heavy atom. The summed E-state index contributed by atoms with van der Waals surface area (Å²) in [5, 5.41) is 11.1. The minimum atomic E-state index is -0.211. The molecule has 1 atom stereocenters. The average Bonchev–Trinajstić information content (AvgIpc) is 2.62. The first-order chi connectivity index (χ1) is 12.6. The molecule has 2 aliphatic rings. The Morgan fingerprint density at radius 1 is 1.31 bits per heavy atom. The molecule has 0 amide bonds. The van der Waals surface area contributed by atoms with Crippen LogP contribution < -0.4 is 9.47 Å². The molecule has 1 unspecified atom stereocenters. The molecule has 0 radical (unpaired) electrons. The van der Waals surface area contributed by atoms with Crippen molar-refractivity contribution in [2.45, 2.75) is 13.3 Å². The van der Waals surface area contributed by atoms with E-state index in [4.69, 9.17) is 33.3 Å². The van der Waals surface area contributed by atoms with Crippen LogP contribution in [0.1, 0.15) is 18.1 Å². The van der Waals surface area contributed by atoms with Crippen molar-refractivity contribution in [1.82, 2.24) is 0 Å². The lowest BCUT2D eigenvalue weighted by molar-refractivity contribution is 0.318. The molecule has 26 heavy (non-hydrogen) atoms. The fourth-order valence-corrected chi connectivity index (χ4v) is 3.46. The number of fused-ring (bicyclic) bond motifs is 2. The quantitative estimate of drug-likeness (QED) is 0.804. The van der Waals surface area contributed by atoms with Gasteiger partial charge >= 0.3 is 0 Å². The number of aromatic hydroxyl groups is 1. The normalized spacial score (nSPS) is 18.2. The molecule has 5 nitrogen and oxygen atoms in total. The fraction of sp³-hybridized carbons (Fsp3) is 0.211. The number of amidine groups is 1. The Morgan fingerprint density at radius 2 is 2.15 bits per heavy atom. The summed E-state index contributed by atoms with van der Waals surface area (Å²) in [6.45, 7) is 2.30. The predicted octanol–water partition coefficient (Wildman–Crippen LogP) is 4.18. The minimum Gasteiger partial charge on any atom is -0.504 e. The first-order valence-corrected chi connectivity index (χ1v) is 8.98. The number of aliphatic imine (C=N–C) groups is 2. The van der Waals surface area contributed by atoms with Gasteiger partial charge in [0.25, 0.3) is 0 Å². The molecule has 0 saturated heterocycles. The first-order valence-electron chi connectivity index (χ1n) is 8.19. The summed E-state index contributed by atoms with van der Waals surface area (Å²) in [4.78, 5) is 9.41. The molecule has 0 spiro atoms. The molecule has 2 aliphatic heterocycles. The number of nitrogens with zero attached hydrogens (tertiary/aromatic N) is 2. The van der Waals surface area contributed by atoms with Crippen molar-refractivity contribution in [3.63, 3.8) is 0 Å². The summed E-state index contributed by atoms with van der Waals surface area (Å²) in [7, 11) is 0. The van der Waals surface area contributed by atoms with E-state index in [0.29, 0.717) is 51.8 Å². The van der Waals surface area contributed by atoms with Crippen LogP contribution in [0.25, 0.3) is 0 Å². The molecule has 2 aromatic carbocycles. The van der Waals surface area contributed by atoms with E-state index < -0.39 is 0 Å². The van der Waals surface area contributed by atoms with E-state index >= 15 is 0 Å². The Bertz CT molecular complexity index is 971. The van der Waals surface area contributed by atoms with Gasteiger partial charge in [-0.3, -0.25) is 0 Å². The zero-order valence-electron chi connectivity index (χ0n) is 13.9. The number of halogens is 1. The van der Waals surface area contributed by atoms with Crippen LogP contribution >= 0.6 is 23.8 Å². The Hall–Kier alpha value is -2.44. The van der Waals surface area contributed by atoms with E-state index in [9.17, 15) is 5.11 Å². The monoisotopic (exact) mass is 386 g/mol. The second kappa shape index (κ2) is 6.70. The standard InChI is InChI=1S/C19H15ClN2O3S/c1-2-24-15-5-3-4-12(16(15)23)17-21-18-13(19(26)22-17)9-10-8-11(20)6-7-14(10)25-18/h3-8,13,23H,2,9H2,1H3. The van der Waals surface area contributed by atoms with Crippen molar-refractivity contribution in [2.24, 2.45) is 15.9 Å². The first kappa shape index (κ1) is 17.0. The van der Waals surface area contributed by atoms with E-state index in [2.05, 4.69) is 9.98 Å². The van der Waals surface area contributed by atoms with E-state index in [-0.39, 0.29) is 11.7 Å². The summed E-state index contributed by atoms with van der Waals surface area (Å²) in [6.07, 6.45) is 0.634. The molecule has 2 aromatic rings. The van der Waals surface area contributed by atoms with Gasteiger partial charge in [-0.15, -0.1) is 0 Å². The van der Waals surface area contributed by atoms with Gasteiger partial charge in [0.05, 0.1) is 18.1 Å². The van der Waals surface area contributed by atoms with Gasteiger partial charge < -0.3 is 14.6 Å². The zero-order chi connectivity index (χ0) is 18.3. The molecule has 1 N–H and O–H groups in total. The van der Waals surface area contributed by atoms with Crippen LogP contribution in [0.2, 0.25) is 5.02 Å². The lowest BCUT2D eigenvalue weighted by Gasteiger charge is -2.28. The number of rotatable bonds is 3. The van der Waals surface area contributed by atoms with Gasteiger partial charge in [-0.05, 0) is 49.2 Å². The van der Waals surface area contributed by atoms with Gasteiger partial charge in [0.15, 0.2) is 17.3 Å². The summed E-state index contributed by atoms with van der Waals surface area (Å²) in [5.74, 6) is 1.67. The topological polar surface area (TPSA) is 63.4 Å². The molecule has 0 fully saturated rings. The van der Waals surface area contributed by atoms with Crippen LogP contribution in [0, 0.1) is 5.92 Å². The molecule has 0 saturated carbocycles. The smallest absolute Gasteiger partial charge is 0.207 e. The summed E-state index contributed by atoms with van der Waals surface area (Å²) >= 11 is 11.5. The molecule has 4 rings (SSSR count). The van der Waals surface area contributed by atoms with Crippen LogP contribution in [-0.4, -0.2) is 28.4 Å². The van der Waals surface area contributed by atoms with Crippen LogP contribution in [0.5, 0.6) is 17.2 Å². The summed E-state index contributed by atoms with van der Waals surface area (Å²) in [6, 6.07) is 10.6. The van der Waals surface area contributed by atoms with Crippen molar-refractivity contribution in [3.8, 4) is 17.2 Å². The van der Waals surface area contributed by atoms with Gasteiger partial charge in [0, 0.05) is 5.02 Å². The highest BCUT2D eigenvalue weighted by molar-refractivity contribution is 7.80. The number of hydrogen-bond acceptors (Lipinski definition) is 5. The number of phenols is 1. The molecule has 0 aromatic heterocycles. The van der Waals surface area contributed by atoms with Gasteiger partial charge in [0.1, 0.15) is 10.7 Å². The highest BCUT2D eigenvalue weighted by Gasteiger charge is 2.34. The zero-order valence-corrected chi connectivity index (χ0v) is 15.5. The molecule has 7 heteroatoms. The molecular formula is C19H15ClN2O3S. The van der Waals surface area contributed by atoms with Gasteiger partial charge in [0.2, 0.25) is 5.90 Å². The van der Waals surface area contributed by atoms with E-state index in [0.717, 1.165) is 5.56 Å². The minimum absolute atomic E-state index is 0.0123. The number of ether oxygens (including phenoxy) is 2. The molecule has 132 valence electrons. The Kier molecular flexibility index (Phi) is 4.38. The predicted molar refractivity (Wildman–Crippen MR) is 105 cm³/mol. The van der Waals surface area contributed by atoms with E-state index in [1.165, 1.54) is 0 Å². The lowest BCUT2D eigenvalue weighted by Crippen LogP contribution is -2.36. The lowest BCUT2D eigenvalue weighted by atomic mass is 9.94. The number of thiocarbonyl (C=S) groups is 1. The number of benzene rings is 2. The average molecular weight is 387 g/mol. The van der Waals surface area contributed by atoms with Crippen molar-refractivity contribution in [1.29, 1.82) is 0 Å². The maximum atomic E-state index is 10.5. The van der Waals surface area contributed by atoms with E-state index in [1.54, 1.807) is 24.3 Å². The van der Waals surface area contributed by atoms with Gasteiger partial charge in [-0.25, -0.2) is 4.99 Å². The van der Waals surface area contributed by atoms with Crippen molar-refractivity contribution < 1.29 is 14.6 Å². The highest BCUT2D eigenvalue weighted by atomic mass is 35.5. The molecule has 0 aliphatic carbocycles. The molecule has 0 bridgehead atoms. The van der Waals surface area contributed by atoms with Crippen LogP contribution in [-0.2, 0) is 6.42 Å². The maximum Gasteiger partial charge on any atom is 0.207 e. The molecule has 2 heterocycles. The third-order valence-corrected chi connectivity index (χ3v) is 4.84. The van der Waals surface area contributed by atoms with E-state index in [1.807, 2.05) is 19.1 Å². The highest BCUT2D eigenvalue weighted by Crippen LogP contribution is 2.35. The van der Waals surface area contributed by atoms with Crippen LogP contribution in [0.3, 0.4) is 0 Å². The Balaban J connectivity index is 1.73. The van der Waals surface area contributed by atoms with Gasteiger partial charge in [-0.1, -0.05) is 29.9 Å². The summed E-state index contributed by atoms with van der Waals surface area (Å²) < 4.78 is 11.4. The maximum absolute atomic E-state index is 10.5. The van der Waals surface area contributed by atoms with Crippen LogP contribution in [0.15, 0.2) is 46.4 Å². The van der Waals surface area contributed by atoms with Crippen molar-refractivity contribution >= 4 is 40.5 Å². The number of para-hydroxylation sites is 1. The summed E-state index contributed by atoms with van der Waals surface area (Å²) in [5.41, 5.74) is 1.43. The second-order valence-corrected chi connectivity index (χ2v) is 6.77. The number of phenolic OH excluding ortho intramolecular Hbond substituents is 1. The number of hydrogen-bond donors (Lipinski definition) is 1. The molecular weight excluding hydrogens is 372 g/mol. The third kappa shape index (κ3) is 2.95. The van der Waals surface area contributed by atoms with Gasteiger partial charge in [-0.2, -0.15) is 4.99 Å². The van der Waals surface area contributed by atoms with Crippen LogP contribution in [0.4, 0.5) is 0 Å². The largest absolute Gasteiger partial charge is 0.504 e. The fourth-order valence-electron chi connectivity index (χ4n) is 3.00. The SMILES string of the molecule is CCOc1cccc(C2=NC(=S)C3Cc4cc(Cl)ccc4OC3=N2)c1O. The third-order valence-electron chi connectivity index (χ3n) is 4.23. The van der Waals surface area contributed by atoms with Crippen molar-refractivity contribution in [2.75, 3.05) is 6.61 Å². The second-order valence-electron chi connectivity index (χ2n) is 5.92. The Labute approximate surface area is 161 Å².